The van der Waals surface area contributed by atoms with Crippen molar-refractivity contribution >= 4 is 12.6 Å². The van der Waals surface area contributed by atoms with Gasteiger partial charge in [-0.1, -0.05) is 26.2 Å². The van der Waals surface area contributed by atoms with Gasteiger partial charge < -0.3 is 5.84 Å². The second-order valence-electron chi connectivity index (χ2n) is 3.43. The molecule has 1 aromatic heterocycles. The Morgan fingerprint density at radius 3 is 2.73 bits per heavy atom. The van der Waals surface area contributed by atoms with Crippen molar-refractivity contribution in [3.63, 3.8) is 0 Å². The van der Waals surface area contributed by atoms with Crippen LogP contribution in [0.2, 0.25) is 0 Å². The van der Waals surface area contributed by atoms with Gasteiger partial charge in [-0.15, -0.1) is 22.8 Å². The van der Waals surface area contributed by atoms with Crippen molar-refractivity contribution in [3.05, 3.63) is 16.0 Å². The number of aromatic nitrogens is 3. The molecule has 0 saturated carbocycles. The molecular formula is C9H16N4OS. The van der Waals surface area contributed by atoms with E-state index in [2.05, 4.69) is 29.7 Å². The topological polar surface area (TPSA) is 73.8 Å². The molecule has 0 spiro atoms. The van der Waals surface area contributed by atoms with Crippen LogP contribution in [0.3, 0.4) is 0 Å². The van der Waals surface area contributed by atoms with Gasteiger partial charge in [-0.2, -0.15) is 4.68 Å². The zero-order valence-corrected chi connectivity index (χ0v) is 9.70. The zero-order valence-electron chi connectivity index (χ0n) is 8.81. The molecule has 0 aliphatic rings. The maximum absolute atomic E-state index is 11.5. The number of aryl methyl sites for hydroxylation is 1. The molecule has 2 N–H and O–H groups in total. The number of hydrogen-bond donors (Lipinski definition) is 2. The van der Waals surface area contributed by atoms with E-state index in [1.165, 1.54) is 12.8 Å². The van der Waals surface area contributed by atoms with Crippen LogP contribution in [-0.4, -0.2) is 14.9 Å². The van der Waals surface area contributed by atoms with Crippen molar-refractivity contribution in [2.45, 2.75) is 44.2 Å². The van der Waals surface area contributed by atoms with Crippen LogP contribution < -0.4 is 11.4 Å². The number of nitrogens with two attached hydrogens (primary N) is 1. The van der Waals surface area contributed by atoms with E-state index in [9.17, 15) is 4.79 Å². The Bertz CT molecular complexity index is 377. The largest absolute Gasteiger partial charge is 0.334 e. The number of nitrogens with zero attached hydrogens (tertiary/aromatic N) is 3. The molecule has 6 heteroatoms. The minimum atomic E-state index is -0.300. The highest BCUT2D eigenvalue weighted by atomic mass is 32.1. The Morgan fingerprint density at radius 1 is 1.33 bits per heavy atom. The first kappa shape index (κ1) is 12.0. The Labute approximate surface area is 94.1 Å². The molecule has 1 heterocycles. The van der Waals surface area contributed by atoms with Crippen LogP contribution >= 0.6 is 12.6 Å². The van der Waals surface area contributed by atoms with Gasteiger partial charge >= 0.3 is 0 Å². The number of thiol groups is 1. The molecule has 1 rings (SSSR count). The molecule has 0 aromatic carbocycles. The zero-order chi connectivity index (χ0) is 11.3. The van der Waals surface area contributed by atoms with Crippen LogP contribution in [0.4, 0.5) is 0 Å². The van der Waals surface area contributed by atoms with Crippen LogP contribution in [0.25, 0.3) is 0 Å². The maximum atomic E-state index is 11.5. The molecule has 5 nitrogen and oxygen atoms in total. The molecule has 84 valence electrons. The summed E-state index contributed by atoms with van der Waals surface area (Å²) in [7, 11) is 0. The highest BCUT2D eigenvalue weighted by molar-refractivity contribution is 7.80. The van der Waals surface area contributed by atoms with Crippen LogP contribution in [-0.2, 0) is 6.42 Å². The van der Waals surface area contributed by atoms with E-state index in [-0.39, 0.29) is 10.7 Å². The summed E-state index contributed by atoms with van der Waals surface area (Å²) in [6.45, 7) is 2.14. The molecule has 0 radical (unpaired) electrons. The first-order chi connectivity index (χ1) is 7.16. The van der Waals surface area contributed by atoms with Gasteiger partial charge in [0.1, 0.15) is 5.69 Å². The van der Waals surface area contributed by atoms with Gasteiger partial charge in [0, 0.05) is 0 Å². The lowest BCUT2D eigenvalue weighted by molar-refractivity contribution is 0.620. The van der Waals surface area contributed by atoms with E-state index in [1.807, 2.05) is 0 Å². The Morgan fingerprint density at radius 2 is 2.07 bits per heavy atom. The van der Waals surface area contributed by atoms with Crippen molar-refractivity contribution in [2.24, 2.45) is 0 Å². The fourth-order valence-electron chi connectivity index (χ4n) is 1.30. The normalized spacial score (nSPS) is 10.5. The molecule has 0 atom stereocenters. The van der Waals surface area contributed by atoms with E-state index < -0.39 is 0 Å². The van der Waals surface area contributed by atoms with Gasteiger partial charge in [0.2, 0.25) is 5.16 Å². The number of rotatable bonds is 5. The predicted molar refractivity (Wildman–Crippen MR) is 61.5 cm³/mol. The number of unbranched alkanes of at least 4 members (excludes halogenated alkanes) is 3. The standard InChI is InChI=1S/C9H16N4OS/c1-2-3-4-5-6-7-8(14)13(10)9(15)12-11-7/h2-6,10H2,1H3,(H,12,15). The molecule has 0 saturated heterocycles. The summed E-state index contributed by atoms with van der Waals surface area (Å²) in [5, 5.41) is 7.62. The average molecular weight is 228 g/mol. The minimum Gasteiger partial charge on any atom is -0.334 e. The minimum absolute atomic E-state index is 0.136. The predicted octanol–water partition coefficient (Wildman–Crippen LogP) is 0.764. The third kappa shape index (κ3) is 3.23. The average Bonchev–Trinajstić information content (AvgIpc) is 2.24. The Balaban J connectivity index is 2.63. The number of hydrogen-bond acceptors (Lipinski definition) is 5. The summed E-state index contributed by atoms with van der Waals surface area (Å²) in [6.07, 6.45) is 5.03. The number of nitrogen functional groups attached to an aromatic ring is 1. The molecule has 0 bridgehead atoms. The summed E-state index contributed by atoms with van der Waals surface area (Å²) in [5.74, 6) is 5.44. The monoisotopic (exact) mass is 228 g/mol. The van der Waals surface area contributed by atoms with Crippen molar-refractivity contribution in [3.8, 4) is 0 Å². The van der Waals surface area contributed by atoms with E-state index in [1.54, 1.807) is 0 Å². The van der Waals surface area contributed by atoms with Gasteiger partial charge in [-0.25, -0.2) is 0 Å². The van der Waals surface area contributed by atoms with Crippen LogP contribution in [0.15, 0.2) is 9.95 Å². The van der Waals surface area contributed by atoms with Crippen molar-refractivity contribution in [2.75, 3.05) is 5.84 Å². The van der Waals surface area contributed by atoms with Gasteiger partial charge in [-0.3, -0.25) is 4.79 Å². The summed E-state index contributed by atoms with van der Waals surface area (Å²) in [6, 6.07) is 0. The summed E-state index contributed by atoms with van der Waals surface area (Å²) >= 11 is 3.90. The van der Waals surface area contributed by atoms with Gasteiger partial charge in [-0.05, 0) is 12.8 Å². The molecule has 0 aliphatic carbocycles. The lowest BCUT2D eigenvalue weighted by Crippen LogP contribution is -2.33. The molecule has 15 heavy (non-hydrogen) atoms. The molecule has 1 aromatic rings. The summed E-state index contributed by atoms with van der Waals surface area (Å²) < 4.78 is 0.922. The lowest BCUT2D eigenvalue weighted by Gasteiger charge is -2.03. The van der Waals surface area contributed by atoms with E-state index in [0.29, 0.717) is 12.1 Å². The fraction of sp³-hybridized carbons (Fsp3) is 0.667. The first-order valence-electron chi connectivity index (χ1n) is 5.09. The summed E-state index contributed by atoms with van der Waals surface area (Å²) in [4.78, 5) is 11.5. The van der Waals surface area contributed by atoms with Gasteiger partial charge in [0.25, 0.3) is 5.56 Å². The van der Waals surface area contributed by atoms with Crippen LogP contribution in [0.5, 0.6) is 0 Å². The second kappa shape index (κ2) is 5.75. The van der Waals surface area contributed by atoms with E-state index in [0.717, 1.165) is 17.5 Å². The molecule has 0 fully saturated rings. The van der Waals surface area contributed by atoms with Crippen LogP contribution in [0.1, 0.15) is 38.3 Å². The van der Waals surface area contributed by atoms with Gasteiger partial charge in [0.05, 0.1) is 0 Å². The maximum Gasteiger partial charge on any atom is 0.294 e. The third-order valence-electron chi connectivity index (χ3n) is 2.21. The highest BCUT2D eigenvalue weighted by Crippen LogP contribution is 2.02. The Hall–Kier alpha value is -1.04. The third-order valence-corrected chi connectivity index (χ3v) is 2.51. The lowest BCUT2D eigenvalue weighted by atomic mass is 10.1. The van der Waals surface area contributed by atoms with Crippen molar-refractivity contribution in [1.82, 2.24) is 14.9 Å². The van der Waals surface area contributed by atoms with Crippen LogP contribution in [0, 0.1) is 0 Å². The SMILES string of the molecule is CCCCCCc1nnc(S)n(N)c1=O. The Kier molecular flexibility index (Phi) is 4.61. The highest BCUT2D eigenvalue weighted by Gasteiger charge is 2.06. The second-order valence-corrected chi connectivity index (χ2v) is 3.83. The summed E-state index contributed by atoms with van der Waals surface area (Å²) in [5.41, 5.74) is 0.123. The molecule has 0 aliphatic heterocycles. The molecule has 0 amide bonds. The molecular weight excluding hydrogens is 212 g/mol. The van der Waals surface area contributed by atoms with E-state index >= 15 is 0 Å². The van der Waals surface area contributed by atoms with Crippen molar-refractivity contribution < 1.29 is 0 Å². The fourth-order valence-corrected chi connectivity index (χ4v) is 1.44. The smallest absolute Gasteiger partial charge is 0.294 e. The van der Waals surface area contributed by atoms with Crippen molar-refractivity contribution in [1.29, 1.82) is 0 Å². The first-order valence-corrected chi connectivity index (χ1v) is 5.54. The molecule has 0 unspecified atom stereocenters. The quantitative estimate of drug-likeness (QED) is 0.443. The van der Waals surface area contributed by atoms with E-state index in [4.69, 9.17) is 5.84 Å². The van der Waals surface area contributed by atoms with Gasteiger partial charge in [0.15, 0.2) is 0 Å².